The molecule has 0 spiro atoms. The Morgan fingerprint density at radius 3 is 2.63 bits per heavy atom. The lowest BCUT2D eigenvalue weighted by molar-refractivity contribution is -0.121. The van der Waals surface area contributed by atoms with Gasteiger partial charge in [-0.05, 0) is 44.0 Å². The van der Waals surface area contributed by atoms with Gasteiger partial charge < -0.3 is 9.30 Å². The van der Waals surface area contributed by atoms with E-state index in [-0.39, 0.29) is 4.90 Å². The number of carbonyl (C=O) groups is 1. The number of hydrogen-bond acceptors (Lipinski definition) is 5. The SMILES string of the molecule is COc1cccc2sc(=NC(=O)C3CCCN3S(=O)(=O)c3ccc(C)cc3)n(C)c12. The number of nitrogens with zero attached hydrogens (tertiary/aromatic N) is 3. The molecule has 0 N–H and O–H groups in total. The summed E-state index contributed by atoms with van der Waals surface area (Å²) >= 11 is 1.37. The van der Waals surface area contributed by atoms with Gasteiger partial charge in [0.2, 0.25) is 10.0 Å². The molecule has 2 aromatic carbocycles. The average Bonchev–Trinajstić information content (AvgIpc) is 3.34. The molecule has 3 aromatic rings. The van der Waals surface area contributed by atoms with Crippen molar-refractivity contribution in [2.24, 2.45) is 12.0 Å². The third-order valence-corrected chi connectivity index (χ3v) is 8.35. The zero-order valence-electron chi connectivity index (χ0n) is 17.0. The van der Waals surface area contributed by atoms with Gasteiger partial charge in [0.1, 0.15) is 17.3 Å². The molecular weight excluding hydrogens is 422 g/mol. The Hall–Kier alpha value is -2.49. The zero-order valence-corrected chi connectivity index (χ0v) is 18.7. The van der Waals surface area contributed by atoms with Crippen LogP contribution in [0.1, 0.15) is 18.4 Å². The molecule has 1 saturated heterocycles. The highest BCUT2D eigenvalue weighted by atomic mass is 32.2. The number of thiazole rings is 1. The van der Waals surface area contributed by atoms with Gasteiger partial charge in [0.05, 0.1) is 16.7 Å². The number of hydrogen-bond donors (Lipinski definition) is 0. The van der Waals surface area contributed by atoms with E-state index in [0.717, 1.165) is 15.8 Å². The smallest absolute Gasteiger partial charge is 0.266 e. The Morgan fingerprint density at radius 2 is 1.93 bits per heavy atom. The second-order valence-electron chi connectivity index (χ2n) is 7.29. The van der Waals surface area contributed by atoms with Crippen molar-refractivity contribution in [1.82, 2.24) is 8.87 Å². The Labute approximate surface area is 179 Å². The number of benzene rings is 2. The fourth-order valence-corrected chi connectivity index (χ4v) is 6.42. The van der Waals surface area contributed by atoms with Gasteiger partial charge in [0, 0.05) is 13.6 Å². The predicted molar refractivity (Wildman–Crippen MR) is 116 cm³/mol. The van der Waals surface area contributed by atoms with E-state index in [1.165, 1.54) is 15.6 Å². The standard InChI is InChI=1S/C21H23N3O4S2/c1-14-9-11-15(12-10-14)30(26,27)24-13-5-6-16(24)20(25)22-21-23(2)19-17(28-3)7-4-8-18(19)29-21/h4,7-12,16H,5-6,13H2,1-3H3. The summed E-state index contributed by atoms with van der Waals surface area (Å²) in [6, 6.07) is 11.6. The normalized spacial score (nSPS) is 18.2. The molecule has 9 heteroatoms. The van der Waals surface area contributed by atoms with E-state index < -0.39 is 22.0 Å². The summed E-state index contributed by atoms with van der Waals surface area (Å²) in [6.07, 6.45) is 1.09. The van der Waals surface area contributed by atoms with Crippen molar-refractivity contribution < 1.29 is 17.9 Å². The van der Waals surface area contributed by atoms with Crippen LogP contribution in [0.4, 0.5) is 0 Å². The van der Waals surface area contributed by atoms with Crippen molar-refractivity contribution in [3.8, 4) is 5.75 Å². The number of methoxy groups -OCH3 is 1. The van der Waals surface area contributed by atoms with Gasteiger partial charge in [-0.15, -0.1) is 0 Å². The molecule has 0 aliphatic carbocycles. The Morgan fingerprint density at radius 1 is 1.20 bits per heavy atom. The number of rotatable bonds is 4. The molecule has 1 unspecified atom stereocenters. The Bertz CT molecular complexity index is 1270. The molecule has 2 heterocycles. The molecule has 1 fully saturated rings. The van der Waals surface area contributed by atoms with Crippen molar-refractivity contribution in [1.29, 1.82) is 0 Å². The van der Waals surface area contributed by atoms with Crippen molar-refractivity contribution in [2.45, 2.75) is 30.7 Å². The minimum atomic E-state index is -3.76. The molecule has 30 heavy (non-hydrogen) atoms. The van der Waals surface area contributed by atoms with Gasteiger partial charge in [0.15, 0.2) is 4.80 Å². The molecule has 4 rings (SSSR count). The molecule has 1 aliphatic rings. The lowest BCUT2D eigenvalue weighted by atomic mass is 10.2. The van der Waals surface area contributed by atoms with Crippen molar-refractivity contribution in [3.63, 3.8) is 0 Å². The van der Waals surface area contributed by atoms with Crippen LogP contribution in [0, 0.1) is 6.92 Å². The highest BCUT2D eigenvalue weighted by Gasteiger charge is 2.39. The lowest BCUT2D eigenvalue weighted by Crippen LogP contribution is -2.40. The summed E-state index contributed by atoms with van der Waals surface area (Å²) < 4.78 is 35.7. The average molecular weight is 446 g/mol. The molecule has 1 aliphatic heterocycles. The summed E-state index contributed by atoms with van der Waals surface area (Å²) in [7, 11) is -0.338. The molecule has 0 saturated carbocycles. The molecule has 1 amide bonds. The number of ether oxygens (including phenoxy) is 1. The van der Waals surface area contributed by atoms with E-state index in [4.69, 9.17) is 4.74 Å². The van der Waals surface area contributed by atoms with Crippen LogP contribution in [-0.4, -0.2) is 42.9 Å². The van der Waals surface area contributed by atoms with Gasteiger partial charge in [-0.3, -0.25) is 4.79 Å². The predicted octanol–water partition coefficient (Wildman–Crippen LogP) is 2.84. The van der Waals surface area contributed by atoms with Crippen LogP contribution in [0.25, 0.3) is 10.2 Å². The number of aryl methyl sites for hydroxylation is 2. The second-order valence-corrected chi connectivity index (χ2v) is 10.2. The van der Waals surface area contributed by atoms with Crippen molar-refractivity contribution in [2.75, 3.05) is 13.7 Å². The molecule has 1 atom stereocenters. The van der Waals surface area contributed by atoms with Crippen LogP contribution < -0.4 is 9.54 Å². The van der Waals surface area contributed by atoms with Crippen LogP contribution in [0.15, 0.2) is 52.4 Å². The first-order chi connectivity index (χ1) is 14.3. The Kier molecular flexibility index (Phi) is 5.52. The number of para-hydroxylation sites is 1. The first kappa shape index (κ1) is 20.8. The maximum atomic E-state index is 13.1. The first-order valence-electron chi connectivity index (χ1n) is 9.62. The van der Waals surface area contributed by atoms with Gasteiger partial charge in [0.25, 0.3) is 5.91 Å². The van der Waals surface area contributed by atoms with E-state index >= 15 is 0 Å². The number of fused-ring (bicyclic) bond motifs is 1. The summed E-state index contributed by atoms with van der Waals surface area (Å²) in [5.74, 6) is 0.258. The van der Waals surface area contributed by atoms with Gasteiger partial charge in [-0.1, -0.05) is 35.1 Å². The topological polar surface area (TPSA) is 81.0 Å². The zero-order chi connectivity index (χ0) is 21.5. The minimum absolute atomic E-state index is 0.199. The Balaban J connectivity index is 1.70. The minimum Gasteiger partial charge on any atom is -0.495 e. The third kappa shape index (κ3) is 3.57. The van der Waals surface area contributed by atoms with Crippen LogP contribution >= 0.6 is 11.3 Å². The van der Waals surface area contributed by atoms with E-state index in [0.29, 0.717) is 29.9 Å². The molecular formula is C21H23N3O4S2. The van der Waals surface area contributed by atoms with Gasteiger partial charge in [-0.2, -0.15) is 9.30 Å². The fraction of sp³-hybridized carbons (Fsp3) is 0.333. The highest BCUT2D eigenvalue weighted by Crippen LogP contribution is 2.28. The maximum Gasteiger partial charge on any atom is 0.266 e. The lowest BCUT2D eigenvalue weighted by Gasteiger charge is -2.21. The van der Waals surface area contributed by atoms with E-state index in [1.54, 1.807) is 31.4 Å². The number of sulfonamides is 1. The quantitative estimate of drug-likeness (QED) is 0.618. The van der Waals surface area contributed by atoms with Gasteiger partial charge in [-0.25, -0.2) is 8.42 Å². The number of aromatic nitrogens is 1. The third-order valence-electron chi connectivity index (χ3n) is 5.33. The van der Waals surface area contributed by atoms with E-state index in [1.807, 2.05) is 36.7 Å². The molecule has 158 valence electrons. The van der Waals surface area contributed by atoms with Crippen molar-refractivity contribution in [3.05, 3.63) is 52.8 Å². The fourth-order valence-electron chi connectivity index (χ4n) is 3.73. The van der Waals surface area contributed by atoms with Crippen molar-refractivity contribution >= 4 is 37.5 Å². The summed E-state index contributed by atoms with van der Waals surface area (Å²) in [5, 5.41) is 0. The summed E-state index contributed by atoms with van der Waals surface area (Å²) in [4.78, 5) is 18.0. The van der Waals surface area contributed by atoms with E-state index in [2.05, 4.69) is 4.99 Å². The van der Waals surface area contributed by atoms with E-state index in [9.17, 15) is 13.2 Å². The van der Waals surface area contributed by atoms with Gasteiger partial charge >= 0.3 is 0 Å². The molecule has 7 nitrogen and oxygen atoms in total. The van der Waals surface area contributed by atoms with Crippen LogP contribution in [-0.2, 0) is 21.9 Å². The molecule has 0 radical (unpaired) electrons. The molecule has 0 bridgehead atoms. The van der Waals surface area contributed by atoms with Crippen LogP contribution in [0.5, 0.6) is 5.75 Å². The first-order valence-corrected chi connectivity index (χ1v) is 11.9. The van der Waals surface area contributed by atoms with Crippen LogP contribution in [0.3, 0.4) is 0 Å². The summed E-state index contributed by atoms with van der Waals surface area (Å²) in [6.45, 7) is 2.21. The monoisotopic (exact) mass is 445 g/mol. The number of carbonyl (C=O) groups excluding carboxylic acids is 1. The highest BCUT2D eigenvalue weighted by molar-refractivity contribution is 7.89. The maximum absolute atomic E-state index is 13.1. The summed E-state index contributed by atoms with van der Waals surface area (Å²) in [5.41, 5.74) is 1.83. The largest absolute Gasteiger partial charge is 0.495 e. The van der Waals surface area contributed by atoms with Crippen LogP contribution in [0.2, 0.25) is 0 Å². The second kappa shape index (κ2) is 7.98. The number of amides is 1. The molecule has 1 aromatic heterocycles.